The Bertz CT molecular complexity index is 887. The average Bonchev–Trinajstić information content (AvgIpc) is 3.29. The lowest BCUT2D eigenvalue weighted by molar-refractivity contribution is -0.118. The predicted molar refractivity (Wildman–Crippen MR) is 87.3 cm³/mol. The number of carbonyl (C=O) groups is 1. The summed E-state index contributed by atoms with van der Waals surface area (Å²) >= 11 is 0. The van der Waals surface area contributed by atoms with Gasteiger partial charge in [-0.05, 0) is 37.1 Å². The highest BCUT2D eigenvalue weighted by atomic mass is 19.1. The number of hydrogen-bond donors (Lipinski definition) is 1. The van der Waals surface area contributed by atoms with Gasteiger partial charge in [-0.1, -0.05) is 18.2 Å². The SMILES string of the molecule is O=C(Nc1ccn(-c2ccccc2)n1)C1(c2ncccc2F)CC1. The van der Waals surface area contributed by atoms with Crippen LogP contribution in [0.1, 0.15) is 18.5 Å². The minimum atomic E-state index is -0.873. The van der Waals surface area contributed by atoms with Crippen molar-refractivity contribution >= 4 is 11.7 Å². The summed E-state index contributed by atoms with van der Waals surface area (Å²) in [5.74, 6) is -0.273. The van der Waals surface area contributed by atoms with Crippen LogP contribution in [0.5, 0.6) is 0 Å². The third kappa shape index (κ3) is 2.46. The molecule has 0 aliphatic heterocycles. The van der Waals surface area contributed by atoms with E-state index in [1.807, 2.05) is 30.3 Å². The van der Waals surface area contributed by atoms with Gasteiger partial charge in [-0.15, -0.1) is 0 Å². The highest BCUT2D eigenvalue weighted by molar-refractivity contribution is 6.00. The number of aromatic nitrogens is 3. The summed E-state index contributed by atoms with van der Waals surface area (Å²) in [5, 5.41) is 7.13. The second-order valence-corrected chi connectivity index (χ2v) is 5.85. The van der Waals surface area contributed by atoms with E-state index in [-0.39, 0.29) is 11.6 Å². The summed E-state index contributed by atoms with van der Waals surface area (Å²) in [4.78, 5) is 16.7. The van der Waals surface area contributed by atoms with E-state index in [1.165, 1.54) is 18.3 Å². The van der Waals surface area contributed by atoms with Crippen molar-refractivity contribution in [3.8, 4) is 5.69 Å². The van der Waals surface area contributed by atoms with Gasteiger partial charge in [0.05, 0.1) is 16.8 Å². The number of amides is 1. The Hall–Kier alpha value is -3.02. The van der Waals surface area contributed by atoms with Gasteiger partial charge >= 0.3 is 0 Å². The molecule has 0 unspecified atom stereocenters. The van der Waals surface area contributed by atoms with E-state index in [0.29, 0.717) is 18.7 Å². The predicted octanol–water partition coefficient (Wildman–Crippen LogP) is 3.08. The van der Waals surface area contributed by atoms with Gasteiger partial charge in [-0.2, -0.15) is 5.10 Å². The highest BCUT2D eigenvalue weighted by Crippen LogP contribution is 2.48. The van der Waals surface area contributed by atoms with Gasteiger partial charge in [0.25, 0.3) is 0 Å². The number of anilines is 1. The molecule has 0 spiro atoms. The van der Waals surface area contributed by atoms with Crippen LogP contribution in [0.25, 0.3) is 5.69 Å². The molecule has 2 heterocycles. The summed E-state index contributed by atoms with van der Waals surface area (Å²) in [6.07, 6.45) is 4.46. The van der Waals surface area contributed by atoms with Crippen LogP contribution in [-0.2, 0) is 10.2 Å². The summed E-state index contributed by atoms with van der Waals surface area (Å²) in [7, 11) is 0. The number of nitrogens with zero attached hydrogens (tertiary/aromatic N) is 3. The van der Waals surface area contributed by atoms with Crippen LogP contribution < -0.4 is 5.32 Å². The van der Waals surface area contributed by atoms with Gasteiger partial charge < -0.3 is 5.32 Å². The largest absolute Gasteiger partial charge is 0.308 e. The van der Waals surface area contributed by atoms with Gasteiger partial charge in [0.2, 0.25) is 5.91 Å². The van der Waals surface area contributed by atoms with Crippen LogP contribution in [-0.4, -0.2) is 20.7 Å². The molecule has 24 heavy (non-hydrogen) atoms. The zero-order chi connectivity index (χ0) is 16.6. The molecule has 0 bridgehead atoms. The topological polar surface area (TPSA) is 59.8 Å². The fourth-order valence-electron chi connectivity index (χ4n) is 2.79. The quantitative estimate of drug-likeness (QED) is 0.803. The number of rotatable bonds is 4. The van der Waals surface area contributed by atoms with E-state index in [2.05, 4.69) is 15.4 Å². The molecule has 1 aromatic carbocycles. The van der Waals surface area contributed by atoms with E-state index in [0.717, 1.165) is 5.69 Å². The fraction of sp³-hybridized carbons (Fsp3) is 0.167. The van der Waals surface area contributed by atoms with E-state index in [4.69, 9.17) is 0 Å². The molecule has 1 fully saturated rings. The Morgan fingerprint density at radius 1 is 1.12 bits per heavy atom. The van der Waals surface area contributed by atoms with Crippen LogP contribution in [0, 0.1) is 5.82 Å². The van der Waals surface area contributed by atoms with Crippen molar-refractivity contribution < 1.29 is 9.18 Å². The summed E-state index contributed by atoms with van der Waals surface area (Å²) < 4.78 is 15.7. The lowest BCUT2D eigenvalue weighted by Gasteiger charge is -2.14. The lowest BCUT2D eigenvalue weighted by Crippen LogP contribution is -2.29. The van der Waals surface area contributed by atoms with Crippen molar-refractivity contribution in [2.75, 3.05) is 5.32 Å². The molecule has 0 saturated heterocycles. The van der Waals surface area contributed by atoms with E-state index in [9.17, 15) is 9.18 Å². The number of carbonyl (C=O) groups excluding carboxylic acids is 1. The third-order valence-electron chi connectivity index (χ3n) is 4.25. The fourth-order valence-corrected chi connectivity index (χ4v) is 2.79. The number of hydrogen-bond acceptors (Lipinski definition) is 3. The standard InChI is InChI=1S/C18H15FN4O/c19-14-7-4-11-20-16(14)18(9-10-18)17(24)21-15-8-12-23(22-15)13-5-2-1-3-6-13/h1-8,11-12H,9-10H2,(H,21,22,24). The molecule has 1 N–H and O–H groups in total. The molecule has 1 amide bonds. The summed E-state index contributed by atoms with van der Waals surface area (Å²) in [5.41, 5.74) is 0.238. The van der Waals surface area contributed by atoms with Crippen molar-refractivity contribution in [3.63, 3.8) is 0 Å². The first-order chi connectivity index (χ1) is 11.7. The number of halogens is 1. The van der Waals surface area contributed by atoms with Crippen molar-refractivity contribution in [3.05, 3.63) is 72.4 Å². The second-order valence-electron chi connectivity index (χ2n) is 5.85. The molecular weight excluding hydrogens is 307 g/mol. The average molecular weight is 322 g/mol. The Kier molecular flexibility index (Phi) is 3.37. The van der Waals surface area contributed by atoms with Gasteiger partial charge in [0.15, 0.2) is 5.82 Å². The highest BCUT2D eigenvalue weighted by Gasteiger charge is 2.54. The Morgan fingerprint density at radius 3 is 2.62 bits per heavy atom. The number of pyridine rings is 1. The molecule has 0 radical (unpaired) electrons. The van der Waals surface area contributed by atoms with E-state index >= 15 is 0 Å². The van der Waals surface area contributed by atoms with Crippen LogP contribution in [0.4, 0.5) is 10.2 Å². The van der Waals surface area contributed by atoms with Crippen molar-refractivity contribution in [2.45, 2.75) is 18.3 Å². The minimum absolute atomic E-state index is 0.213. The van der Waals surface area contributed by atoms with Gasteiger partial charge in [0, 0.05) is 18.5 Å². The van der Waals surface area contributed by atoms with Gasteiger partial charge in [0.1, 0.15) is 5.82 Å². The molecule has 4 rings (SSSR count). The molecule has 1 saturated carbocycles. The molecule has 1 aliphatic carbocycles. The molecular formula is C18H15FN4O. The zero-order valence-electron chi connectivity index (χ0n) is 12.8. The van der Waals surface area contributed by atoms with Gasteiger partial charge in [-0.25, -0.2) is 9.07 Å². The molecule has 6 heteroatoms. The summed E-state index contributed by atoms with van der Waals surface area (Å²) in [6, 6.07) is 14.2. The third-order valence-corrected chi connectivity index (χ3v) is 4.25. The minimum Gasteiger partial charge on any atom is -0.308 e. The van der Waals surface area contributed by atoms with Crippen LogP contribution >= 0.6 is 0 Å². The van der Waals surface area contributed by atoms with Crippen molar-refractivity contribution in [1.82, 2.24) is 14.8 Å². The number of nitrogens with one attached hydrogen (secondary N) is 1. The monoisotopic (exact) mass is 322 g/mol. The molecule has 1 aliphatic rings. The molecule has 120 valence electrons. The van der Waals surface area contributed by atoms with Crippen molar-refractivity contribution in [1.29, 1.82) is 0 Å². The Labute approximate surface area is 138 Å². The first-order valence-corrected chi connectivity index (χ1v) is 7.73. The smallest absolute Gasteiger partial charge is 0.237 e. The number of para-hydroxylation sites is 1. The molecule has 0 atom stereocenters. The second kappa shape index (κ2) is 5.56. The molecule has 2 aromatic heterocycles. The van der Waals surface area contributed by atoms with Crippen molar-refractivity contribution in [2.24, 2.45) is 0 Å². The molecule has 5 nitrogen and oxygen atoms in total. The first-order valence-electron chi connectivity index (χ1n) is 7.73. The van der Waals surface area contributed by atoms with Crippen LogP contribution in [0.3, 0.4) is 0 Å². The first kappa shape index (κ1) is 14.6. The lowest BCUT2D eigenvalue weighted by atomic mass is 10.00. The maximum atomic E-state index is 14.0. The maximum absolute atomic E-state index is 14.0. The van der Waals surface area contributed by atoms with Gasteiger partial charge in [-0.3, -0.25) is 9.78 Å². The summed E-state index contributed by atoms with van der Waals surface area (Å²) in [6.45, 7) is 0. The normalized spacial score (nSPS) is 15.0. The Balaban J connectivity index is 1.55. The van der Waals surface area contributed by atoms with Crippen LogP contribution in [0.15, 0.2) is 60.9 Å². The Morgan fingerprint density at radius 2 is 1.92 bits per heavy atom. The number of benzene rings is 1. The molecule has 3 aromatic rings. The van der Waals surface area contributed by atoms with Crippen LogP contribution in [0.2, 0.25) is 0 Å². The van der Waals surface area contributed by atoms with E-state index in [1.54, 1.807) is 16.9 Å². The van der Waals surface area contributed by atoms with E-state index < -0.39 is 11.2 Å². The maximum Gasteiger partial charge on any atom is 0.237 e. The zero-order valence-corrected chi connectivity index (χ0v) is 12.8.